The molecule has 212 valence electrons. The highest BCUT2D eigenvalue weighted by atomic mass is 19.1. The number of benzene rings is 2. The molecule has 0 aliphatic carbocycles. The maximum Gasteiger partial charge on any atom is 0.246 e. The normalized spacial score (nSPS) is 21.6. The van der Waals surface area contributed by atoms with Crippen molar-refractivity contribution in [3.8, 4) is 5.75 Å². The zero-order chi connectivity index (χ0) is 28.2. The Balaban J connectivity index is 1.13. The summed E-state index contributed by atoms with van der Waals surface area (Å²) in [5, 5.41) is 15.5. The van der Waals surface area contributed by atoms with Crippen molar-refractivity contribution in [2.24, 2.45) is 11.1 Å². The number of carbonyl (C=O) groups excluding carboxylic acids is 1. The number of aliphatic hydroxyl groups excluding tert-OH is 1. The molecular weight excluding hydrogens is 518 g/mol. The highest BCUT2D eigenvalue weighted by molar-refractivity contribution is 5.92. The van der Waals surface area contributed by atoms with Gasteiger partial charge in [-0.05, 0) is 67.1 Å². The minimum atomic E-state index is -0.694. The van der Waals surface area contributed by atoms with E-state index in [0.717, 1.165) is 41.2 Å². The summed E-state index contributed by atoms with van der Waals surface area (Å²) in [5.41, 5.74) is 2.26. The van der Waals surface area contributed by atoms with Crippen LogP contribution in [0.1, 0.15) is 36.3 Å². The molecule has 2 fully saturated rings. The average Bonchev–Trinajstić information content (AvgIpc) is 3.39. The number of aliphatic hydroxyl groups is 1. The lowest BCUT2D eigenvalue weighted by Gasteiger charge is -2.39. The molecular formula is C30H34F2N4O4. The maximum absolute atomic E-state index is 13.4. The lowest BCUT2D eigenvalue weighted by molar-refractivity contribution is -0.128. The van der Waals surface area contributed by atoms with Gasteiger partial charge in [-0.25, -0.2) is 8.78 Å². The van der Waals surface area contributed by atoms with Crippen LogP contribution in [0.5, 0.6) is 5.75 Å². The van der Waals surface area contributed by atoms with Gasteiger partial charge in [-0.15, -0.1) is 0 Å². The first-order valence-electron chi connectivity index (χ1n) is 13.7. The summed E-state index contributed by atoms with van der Waals surface area (Å²) in [5.74, 6) is -0.843. The minimum absolute atomic E-state index is 0.0158. The van der Waals surface area contributed by atoms with Crippen molar-refractivity contribution in [2.45, 2.75) is 37.3 Å². The number of likely N-dealkylation sites (tertiary alicyclic amines) is 2. The molecule has 3 unspecified atom stereocenters. The summed E-state index contributed by atoms with van der Waals surface area (Å²) < 4.78 is 32.2. The first-order valence-corrected chi connectivity index (χ1v) is 13.7. The van der Waals surface area contributed by atoms with E-state index in [-0.39, 0.29) is 23.3 Å². The number of hydrogen-bond donors (Lipinski definition) is 2. The fourth-order valence-corrected chi connectivity index (χ4v) is 6.12. The van der Waals surface area contributed by atoms with Crippen LogP contribution in [0.25, 0.3) is 17.0 Å². The number of H-pyrrole nitrogens is 1. The topological polar surface area (TPSA) is 98.2 Å². The number of halogens is 2. The van der Waals surface area contributed by atoms with Gasteiger partial charge in [0, 0.05) is 55.8 Å². The van der Waals surface area contributed by atoms with Crippen molar-refractivity contribution in [3.05, 3.63) is 76.3 Å². The van der Waals surface area contributed by atoms with Crippen LogP contribution < -0.4 is 4.74 Å². The summed E-state index contributed by atoms with van der Waals surface area (Å²) in [4.78, 5) is 31.5. The Bertz CT molecular complexity index is 1370. The van der Waals surface area contributed by atoms with Crippen LogP contribution in [0.15, 0.2) is 53.8 Å². The molecule has 2 aliphatic rings. The first kappa shape index (κ1) is 27.9. The number of aromatic amines is 1. The van der Waals surface area contributed by atoms with Gasteiger partial charge in [0.1, 0.15) is 23.4 Å². The molecule has 1 amide bonds. The SMILES string of the molecule is COc1cccc2c(C3CCN(CC(O)C4CCN(C(=O)/C=C/c5cc(F)cc(F)c5)CC4)CC3N=O)c[nH]c12. The first-order chi connectivity index (χ1) is 19.4. The van der Waals surface area contributed by atoms with Crippen molar-refractivity contribution in [3.63, 3.8) is 0 Å². The lowest BCUT2D eigenvalue weighted by Crippen LogP contribution is -2.48. The monoisotopic (exact) mass is 552 g/mol. The predicted octanol–water partition coefficient (Wildman–Crippen LogP) is 4.69. The van der Waals surface area contributed by atoms with Crippen LogP contribution in [0, 0.1) is 22.5 Å². The molecule has 8 nitrogen and oxygen atoms in total. The Kier molecular flexibility index (Phi) is 8.56. The highest BCUT2D eigenvalue weighted by Crippen LogP contribution is 2.37. The van der Waals surface area contributed by atoms with Gasteiger partial charge in [0.05, 0.1) is 18.7 Å². The smallest absolute Gasteiger partial charge is 0.246 e. The molecule has 3 aromatic rings. The predicted molar refractivity (Wildman–Crippen MR) is 149 cm³/mol. The number of aromatic nitrogens is 1. The van der Waals surface area contributed by atoms with Crippen molar-refractivity contribution >= 4 is 22.9 Å². The van der Waals surface area contributed by atoms with E-state index >= 15 is 0 Å². The lowest BCUT2D eigenvalue weighted by atomic mass is 9.84. The van der Waals surface area contributed by atoms with Gasteiger partial charge in [-0.3, -0.25) is 9.69 Å². The van der Waals surface area contributed by atoms with E-state index in [1.807, 2.05) is 24.4 Å². The van der Waals surface area contributed by atoms with E-state index in [2.05, 4.69) is 15.1 Å². The van der Waals surface area contributed by atoms with Crippen LogP contribution in [0.2, 0.25) is 0 Å². The number of nitrogens with one attached hydrogen (secondary N) is 1. The Morgan fingerprint density at radius 2 is 1.93 bits per heavy atom. The molecule has 5 rings (SSSR count). The number of nitrogens with zero attached hydrogens (tertiary/aromatic N) is 3. The Morgan fingerprint density at radius 1 is 1.18 bits per heavy atom. The summed E-state index contributed by atoms with van der Waals surface area (Å²) in [6.45, 7) is 2.65. The second-order valence-electron chi connectivity index (χ2n) is 10.7. The molecule has 40 heavy (non-hydrogen) atoms. The van der Waals surface area contributed by atoms with Gasteiger partial charge < -0.3 is 19.7 Å². The molecule has 3 heterocycles. The largest absolute Gasteiger partial charge is 0.495 e. The van der Waals surface area contributed by atoms with Crippen molar-refractivity contribution in [2.75, 3.05) is 39.8 Å². The maximum atomic E-state index is 13.4. The van der Waals surface area contributed by atoms with Crippen LogP contribution in [-0.2, 0) is 4.79 Å². The number of ether oxygens (including phenoxy) is 1. The van der Waals surface area contributed by atoms with E-state index < -0.39 is 23.8 Å². The molecule has 2 aromatic carbocycles. The van der Waals surface area contributed by atoms with Crippen molar-refractivity contribution < 1.29 is 23.4 Å². The van der Waals surface area contributed by atoms with Gasteiger partial charge in [0.15, 0.2) is 0 Å². The summed E-state index contributed by atoms with van der Waals surface area (Å²) in [6.07, 6.45) is 6.15. The quantitative estimate of drug-likeness (QED) is 0.312. The number of rotatable bonds is 8. The number of methoxy groups -OCH3 is 1. The number of piperidine rings is 2. The van der Waals surface area contributed by atoms with E-state index in [9.17, 15) is 23.6 Å². The van der Waals surface area contributed by atoms with Crippen molar-refractivity contribution in [1.29, 1.82) is 0 Å². The molecule has 2 saturated heterocycles. The Morgan fingerprint density at radius 3 is 2.62 bits per heavy atom. The van der Waals surface area contributed by atoms with E-state index in [4.69, 9.17) is 4.74 Å². The third-order valence-electron chi connectivity index (χ3n) is 8.27. The second kappa shape index (κ2) is 12.3. The minimum Gasteiger partial charge on any atom is -0.495 e. The number of β-amino-alcohol motifs (C(OH)–C–C–N with tert-alkyl or cyclic N) is 1. The molecule has 0 bridgehead atoms. The van der Waals surface area contributed by atoms with Crippen LogP contribution in [-0.4, -0.2) is 77.8 Å². The molecule has 2 aliphatic heterocycles. The van der Waals surface area contributed by atoms with Crippen LogP contribution >= 0.6 is 0 Å². The van der Waals surface area contributed by atoms with Crippen molar-refractivity contribution in [1.82, 2.24) is 14.8 Å². The molecule has 0 radical (unpaired) electrons. The zero-order valence-electron chi connectivity index (χ0n) is 22.4. The van der Waals surface area contributed by atoms with E-state index in [0.29, 0.717) is 39.0 Å². The highest BCUT2D eigenvalue weighted by Gasteiger charge is 2.35. The number of amides is 1. The average molecular weight is 553 g/mol. The second-order valence-corrected chi connectivity index (χ2v) is 10.7. The third kappa shape index (κ3) is 6.08. The van der Waals surface area contributed by atoms with E-state index in [1.165, 1.54) is 24.3 Å². The molecule has 1 aromatic heterocycles. The van der Waals surface area contributed by atoms with Gasteiger partial charge >= 0.3 is 0 Å². The third-order valence-corrected chi connectivity index (χ3v) is 8.27. The standard InChI is InChI=1S/C30H34F2N4O4/c1-40-28-4-2-3-24-25(16-33-30(24)28)23-9-10-35(17-26(23)34-39)18-27(37)20-7-11-36(12-8-20)29(38)6-5-19-13-21(31)15-22(32)14-19/h2-6,13-16,20,23,26-27,33,37H,7-12,17-18H2,1H3/b6-5+. The molecule has 0 spiro atoms. The van der Waals surface area contributed by atoms with Crippen LogP contribution in [0.4, 0.5) is 8.78 Å². The van der Waals surface area contributed by atoms with E-state index in [1.54, 1.807) is 12.0 Å². The molecule has 10 heteroatoms. The van der Waals surface area contributed by atoms with Crippen LogP contribution in [0.3, 0.4) is 0 Å². The fraction of sp³-hybridized carbons (Fsp3) is 0.433. The number of para-hydroxylation sites is 1. The summed E-state index contributed by atoms with van der Waals surface area (Å²) in [7, 11) is 1.63. The molecule has 2 N–H and O–H groups in total. The molecule has 0 saturated carbocycles. The number of nitroso groups, excluding NO2 is 1. The Labute approximate surface area is 231 Å². The van der Waals surface area contributed by atoms with Gasteiger partial charge in [-0.2, -0.15) is 4.91 Å². The van der Waals surface area contributed by atoms with Gasteiger partial charge in [0.25, 0.3) is 0 Å². The fourth-order valence-electron chi connectivity index (χ4n) is 6.12. The zero-order valence-corrected chi connectivity index (χ0v) is 22.4. The number of carbonyl (C=O) groups is 1. The van der Waals surface area contributed by atoms with Gasteiger partial charge in [-0.1, -0.05) is 17.3 Å². The number of fused-ring (bicyclic) bond motifs is 1. The number of hydrogen-bond acceptors (Lipinski definition) is 6. The molecule has 3 atom stereocenters. The summed E-state index contributed by atoms with van der Waals surface area (Å²) >= 11 is 0. The Hall–Kier alpha value is -3.63. The summed E-state index contributed by atoms with van der Waals surface area (Å²) in [6, 6.07) is 8.55. The van der Waals surface area contributed by atoms with Gasteiger partial charge in [0.2, 0.25) is 5.91 Å².